The monoisotopic (exact) mass is 273 g/mol. The van der Waals surface area contributed by atoms with E-state index in [1.807, 2.05) is 12.1 Å². The fourth-order valence-electron chi connectivity index (χ4n) is 1.80. The Bertz CT molecular complexity index is 634. The molecule has 0 aliphatic heterocycles. The van der Waals surface area contributed by atoms with E-state index >= 15 is 0 Å². The van der Waals surface area contributed by atoms with Crippen LogP contribution in [0.1, 0.15) is 37.6 Å². The predicted octanol–water partition coefficient (Wildman–Crippen LogP) is 5.11. The number of hydrogen-bond acceptors (Lipinski definition) is 2. The van der Waals surface area contributed by atoms with Gasteiger partial charge in [-0.05, 0) is 41.7 Å². The molecule has 1 aromatic carbocycles. The Morgan fingerprint density at radius 2 is 2.00 bits per heavy atom. The first-order chi connectivity index (χ1) is 8.97. The van der Waals surface area contributed by atoms with Crippen molar-refractivity contribution in [2.45, 2.75) is 32.6 Å². The fourth-order valence-corrected chi connectivity index (χ4v) is 2.97. The van der Waals surface area contributed by atoms with Crippen LogP contribution in [0.15, 0.2) is 30.3 Å². The molecule has 0 spiro atoms. The smallest absolute Gasteiger partial charge is 0.140 e. The Hall–Kier alpha value is -1.66. The van der Waals surface area contributed by atoms with Gasteiger partial charge in [-0.25, -0.2) is 4.39 Å². The van der Waals surface area contributed by atoms with Gasteiger partial charge in [0.15, 0.2) is 0 Å². The Kier molecular flexibility index (Phi) is 3.73. The zero-order valence-corrected chi connectivity index (χ0v) is 12.1. The van der Waals surface area contributed by atoms with Crippen molar-refractivity contribution in [3.8, 4) is 16.5 Å². The molecule has 0 radical (unpaired) electrons. The molecular weight excluding hydrogens is 257 g/mol. The maximum absolute atomic E-state index is 13.3. The number of nitrogens with zero attached hydrogens (tertiary/aromatic N) is 1. The van der Waals surface area contributed by atoms with Crippen LogP contribution in [0.4, 0.5) is 4.39 Å². The molecule has 1 nitrogen and oxygen atoms in total. The molecule has 1 heterocycles. The fraction of sp³-hybridized carbons (Fsp3) is 0.312. The summed E-state index contributed by atoms with van der Waals surface area (Å²) >= 11 is 1.71. The molecule has 2 aromatic rings. The molecule has 1 aromatic heterocycles. The van der Waals surface area contributed by atoms with Crippen LogP contribution in [0.25, 0.3) is 10.4 Å². The van der Waals surface area contributed by atoms with Gasteiger partial charge < -0.3 is 0 Å². The van der Waals surface area contributed by atoms with Gasteiger partial charge in [0, 0.05) is 9.75 Å². The van der Waals surface area contributed by atoms with Crippen molar-refractivity contribution in [3.63, 3.8) is 0 Å². The summed E-state index contributed by atoms with van der Waals surface area (Å²) in [4.78, 5) is 2.39. The van der Waals surface area contributed by atoms with Gasteiger partial charge in [-0.1, -0.05) is 26.8 Å². The number of rotatable bonds is 3. The SMILES string of the molecule is CCC(C)(C)c1ccc(-c2ccc(F)c(C#N)c2)s1. The molecule has 0 saturated heterocycles. The van der Waals surface area contributed by atoms with Crippen LogP contribution in [0.5, 0.6) is 0 Å². The summed E-state index contributed by atoms with van der Waals surface area (Å²) in [6.45, 7) is 6.60. The topological polar surface area (TPSA) is 23.8 Å². The van der Waals surface area contributed by atoms with Crippen molar-refractivity contribution in [1.29, 1.82) is 5.26 Å². The lowest BCUT2D eigenvalue weighted by molar-refractivity contribution is 0.517. The molecule has 0 N–H and O–H groups in total. The molecule has 0 atom stereocenters. The molecular formula is C16H16FNS. The third-order valence-electron chi connectivity index (χ3n) is 3.53. The van der Waals surface area contributed by atoms with Crippen LogP contribution < -0.4 is 0 Å². The van der Waals surface area contributed by atoms with Crippen molar-refractivity contribution in [2.75, 3.05) is 0 Å². The van der Waals surface area contributed by atoms with Gasteiger partial charge in [-0.3, -0.25) is 0 Å². The quantitative estimate of drug-likeness (QED) is 0.762. The molecule has 0 amide bonds. The van der Waals surface area contributed by atoms with Gasteiger partial charge in [0.05, 0.1) is 5.56 Å². The molecule has 0 aliphatic carbocycles. The predicted molar refractivity (Wildman–Crippen MR) is 77.7 cm³/mol. The van der Waals surface area contributed by atoms with Crippen molar-refractivity contribution < 1.29 is 4.39 Å². The van der Waals surface area contributed by atoms with Crippen LogP contribution in [0.2, 0.25) is 0 Å². The van der Waals surface area contributed by atoms with E-state index in [0.29, 0.717) is 0 Å². The molecule has 0 bridgehead atoms. The van der Waals surface area contributed by atoms with E-state index in [9.17, 15) is 4.39 Å². The number of halogens is 1. The van der Waals surface area contributed by atoms with E-state index < -0.39 is 5.82 Å². The average Bonchev–Trinajstić information content (AvgIpc) is 2.89. The number of benzene rings is 1. The highest BCUT2D eigenvalue weighted by Gasteiger charge is 2.20. The van der Waals surface area contributed by atoms with Crippen LogP contribution in [-0.4, -0.2) is 0 Å². The van der Waals surface area contributed by atoms with Crippen LogP contribution in [0, 0.1) is 17.1 Å². The number of thiophene rings is 1. The second-order valence-electron chi connectivity index (χ2n) is 5.21. The highest BCUT2D eigenvalue weighted by molar-refractivity contribution is 7.15. The van der Waals surface area contributed by atoms with E-state index in [1.165, 1.54) is 10.9 Å². The van der Waals surface area contributed by atoms with Gasteiger partial charge in [0.2, 0.25) is 0 Å². The second kappa shape index (κ2) is 5.14. The molecule has 2 rings (SSSR count). The third kappa shape index (κ3) is 2.69. The third-order valence-corrected chi connectivity index (χ3v) is 5.03. The van der Waals surface area contributed by atoms with E-state index in [0.717, 1.165) is 16.9 Å². The molecule has 0 fully saturated rings. The van der Waals surface area contributed by atoms with Crippen molar-refractivity contribution in [2.24, 2.45) is 0 Å². The highest BCUT2D eigenvalue weighted by atomic mass is 32.1. The molecule has 3 heteroatoms. The number of nitriles is 1. The normalized spacial score (nSPS) is 11.3. The van der Waals surface area contributed by atoms with Crippen molar-refractivity contribution >= 4 is 11.3 Å². The molecule has 19 heavy (non-hydrogen) atoms. The Morgan fingerprint density at radius 3 is 2.63 bits per heavy atom. The molecule has 0 aliphatic rings. The largest absolute Gasteiger partial charge is 0.206 e. The lowest BCUT2D eigenvalue weighted by Gasteiger charge is -2.20. The Labute approximate surface area is 117 Å². The zero-order valence-electron chi connectivity index (χ0n) is 11.3. The summed E-state index contributed by atoms with van der Waals surface area (Å²) in [6, 6.07) is 10.8. The maximum atomic E-state index is 13.3. The van der Waals surface area contributed by atoms with E-state index in [4.69, 9.17) is 5.26 Å². The molecule has 0 unspecified atom stereocenters. The van der Waals surface area contributed by atoms with Gasteiger partial charge in [0.1, 0.15) is 11.9 Å². The van der Waals surface area contributed by atoms with E-state index in [-0.39, 0.29) is 11.0 Å². The van der Waals surface area contributed by atoms with Gasteiger partial charge in [-0.2, -0.15) is 5.26 Å². The van der Waals surface area contributed by atoms with Crippen molar-refractivity contribution in [3.05, 3.63) is 46.6 Å². The lowest BCUT2D eigenvalue weighted by atomic mass is 9.89. The minimum atomic E-state index is -0.461. The number of hydrogen-bond donors (Lipinski definition) is 0. The minimum absolute atomic E-state index is 0.0993. The van der Waals surface area contributed by atoms with Crippen LogP contribution in [0.3, 0.4) is 0 Å². The molecule has 98 valence electrons. The summed E-state index contributed by atoms with van der Waals surface area (Å²) in [5.41, 5.74) is 1.16. The standard InChI is InChI=1S/C16H16FNS/c1-4-16(2,3)15-8-7-14(19-15)11-5-6-13(17)12(9-11)10-18/h5-9H,4H2,1-3H3. The Balaban J connectivity index is 2.42. The summed E-state index contributed by atoms with van der Waals surface area (Å²) in [5, 5.41) is 8.88. The van der Waals surface area contributed by atoms with Crippen molar-refractivity contribution in [1.82, 2.24) is 0 Å². The summed E-state index contributed by atoms with van der Waals surface area (Å²) in [6.07, 6.45) is 1.07. The second-order valence-corrected chi connectivity index (χ2v) is 6.29. The van der Waals surface area contributed by atoms with Crippen LogP contribution >= 0.6 is 11.3 Å². The summed E-state index contributed by atoms with van der Waals surface area (Å²) in [7, 11) is 0. The summed E-state index contributed by atoms with van der Waals surface area (Å²) in [5.74, 6) is -0.461. The van der Waals surface area contributed by atoms with E-state index in [2.05, 4.69) is 26.8 Å². The highest BCUT2D eigenvalue weighted by Crippen LogP contribution is 2.37. The maximum Gasteiger partial charge on any atom is 0.140 e. The first-order valence-corrected chi connectivity index (χ1v) is 7.10. The van der Waals surface area contributed by atoms with Gasteiger partial charge >= 0.3 is 0 Å². The average molecular weight is 273 g/mol. The lowest BCUT2D eigenvalue weighted by Crippen LogP contribution is -2.12. The van der Waals surface area contributed by atoms with E-state index in [1.54, 1.807) is 23.5 Å². The molecule has 0 saturated carbocycles. The van der Waals surface area contributed by atoms with Crippen LogP contribution in [-0.2, 0) is 5.41 Å². The minimum Gasteiger partial charge on any atom is -0.206 e. The first-order valence-electron chi connectivity index (χ1n) is 6.28. The van der Waals surface area contributed by atoms with Gasteiger partial charge in [0.25, 0.3) is 0 Å². The zero-order chi connectivity index (χ0) is 14.0. The first kappa shape index (κ1) is 13.8. The Morgan fingerprint density at radius 1 is 1.26 bits per heavy atom. The van der Waals surface area contributed by atoms with Gasteiger partial charge in [-0.15, -0.1) is 11.3 Å². The summed E-state index contributed by atoms with van der Waals surface area (Å²) < 4.78 is 13.3.